The molecular weight excluding hydrogens is 211 g/mol. The van der Waals surface area contributed by atoms with E-state index in [0.717, 1.165) is 12.8 Å². The molecule has 4 heteroatoms. The molecule has 92 valence electrons. The van der Waals surface area contributed by atoms with Gasteiger partial charge in [0.05, 0.1) is 12.7 Å². The van der Waals surface area contributed by atoms with E-state index in [-0.39, 0.29) is 6.10 Å². The van der Waals surface area contributed by atoms with E-state index in [9.17, 15) is 4.57 Å². The molecule has 0 aromatic heterocycles. The predicted octanol–water partition coefficient (Wildman–Crippen LogP) is 4.08. The first-order valence-electron chi connectivity index (χ1n) is 5.87. The van der Waals surface area contributed by atoms with Crippen molar-refractivity contribution in [1.82, 2.24) is 0 Å². The van der Waals surface area contributed by atoms with E-state index in [4.69, 9.17) is 9.05 Å². The Morgan fingerprint density at radius 3 is 2.33 bits per heavy atom. The number of rotatable bonds is 2. The monoisotopic (exact) mass is 236 g/mol. The van der Waals surface area contributed by atoms with Crippen LogP contribution in [0.3, 0.4) is 0 Å². The molecule has 1 fully saturated rings. The minimum Gasteiger partial charge on any atom is -0.308 e. The molecule has 0 N–H and O–H groups in total. The molecule has 0 amide bonds. The highest BCUT2D eigenvalue weighted by molar-refractivity contribution is 7.53. The quantitative estimate of drug-likeness (QED) is 0.678. The second-order valence-corrected chi connectivity index (χ2v) is 6.20. The molecule has 1 heterocycles. The summed E-state index contributed by atoms with van der Waals surface area (Å²) in [5.74, 6) is 0.368. The van der Waals surface area contributed by atoms with Crippen LogP contribution in [0.25, 0.3) is 0 Å². The summed E-state index contributed by atoms with van der Waals surface area (Å²) in [5.41, 5.74) is 0. The molecule has 0 radical (unpaired) electrons. The van der Waals surface area contributed by atoms with Crippen LogP contribution in [0.5, 0.6) is 0 Å². The summed E-state index contributed by atoms with van der Waals surface area (Å²) in [6, 6.07) is 0. The fourth-order valence-electron chi connectivity index (χ4n) is 1.36. The first-order valence-corrected chi connectivity index (χ1v) is 7.86. The molecule has 1 aliphatic rings. The molecule has 0 saturated carbocycles. The third-order valence-electron chi connectivity index (χ3n) is 2.11. The highest BCUT2D eigenvalue weighted by Gasteiger charge is 2.32. The van der Waals surface area contributed by atoms with E-state index in [2.05, 4.69) is 27.7 Å². The van der Waals surface area contributed by atoms with E-state index in [1.165, 1.54) is 6.42 Å². The lowest BCUT2D eigenvalue weighted by atomic mass is 10.0. The van der Waals surface area contributed by atoms with E-state index < -0.39 is 7.60 Å². The fourth-order valence-corrected chi connectivity index (χ4v) is 2.73. The summed E-state index contributed by atoms with van der Waals surface area (Å²) in [6.45, 7) is 10.5. The lowest BCUT2D eigenvalue weighted by Crippen LogP contribution is -2.29. The van der Waals surface area contributed by atoms with Gasteiger partial charge in [0, 0.05) is 12.6 Å². The Labute approximate surface area is 94.1 Å². The van der Waals surface area contributed by atoms with Gasteiger partial charge in [0.25, 0.3) is 0 Å². The number of hydrogen-bond donors (Lipinski definition) is 0. The zero-order chi connectivity index (χ0) is 11.9. The van der Waals surface area contributed by atoms with Crippen molar-refractivity contribution in [3.8, 4) is 0 Å². The van der Waals surface area contributed by atoms with Crippen LogP contribution in [0.15, 0.2) is 0 Å². The average molecular weight is 236 g/mol. The lowest BCUT2D eigenvalue weighted by Gasteiger charge is -2.32. The second-order valence-electron chi connectivity index (χ2n) is 4.18. The largest absolute Gasteiger partial charge is 0.327 e. The Hall–Kier alpha value is 0.150. The Bertz CT molecular complexity index is 206. The van der Waals surface area contributed by atoms with Gasteiger partial charge in [-0.1, -0.05) is 40.5 Å². The normalized spacial score (nSPS) is 35.5. The summed E-state index contributed by atoms with van der Waals surface area (Å²) < 4.78 is 21.9. The van der Waals surface area contributed by atoms with Crippen molar-refractivity contribution in [3.05, 3.63) is 0 Å². The predicted molar refractivity (Wildman–Crippen MR) is 64.4 cm³/mol. The molecule has 15 heavy (non-hydrogen) atoms. The maximum absolute atomic E-state index is 11.4. The van der Waals surface area contributed by atoms with Crippen LogP contribution in [0, 0.1) is 5.92 Å². The zero-order valence-corrected chi connectivity index (χ0v) is 11.5. The molecule has 0 aromatic rings. The topological polar surface area (TPSA) is 35.5 Å². The van der Waals surface area contributed by atoms with Crippen LogP contribution in [0.4, 0.5) is 0 Å². The van der Waals surface area contributed by atoms with Gasteiger partial charge in [0.15, 0.2) is 0 Å². The van der Waals surface area contributed by atoms with Crippen molar-refractivity contribution >= 4 is 7.60 Å². The number of hydrogen-bond acceptors (Lipinski definition) is 3. The van der Waals surface area contributed by atoms with Crippen molar-refractivity contribution in [2.24, 2.45) is 5.92 Å². The molecule has 3 atom stereocenters. The van der Waals surface area contributed by atoms with E-state index in [1.807, 2.05) is 0 Å². The average Bonchev–Trinajstić information content (AvgIpc) is 2.13. The standard InChI is InChI=1S/C8H17O3P.C3H8/c1-4-5-8-7(2)6-10-12(3,9)11-8;1-3-2/h7-8H,4-6H2,1-3H3;3H2,1-2H3. The first kappa shape index (κ1) is 15.2. The van der Waals surface area contributed by atoms with E-state index in [0.29, 0.717) is 12.5 Å². The van der Waals surface area contributed by atoms with Gasteiger partial charge in [-0.15, -0.1) is 0 Å². The minimum absolute atomic E-state index is 0.125. The van der Waals surface area contributed by atoms with Crippen molar-refractivity contribution in [2.45, 2.75) is 53.1 Å². The van der Waals surface area contributed by atoms with Gasteiger partial charge in [0.1, 0.15) is 0 Å². The molecule has 0 spiro atoms. The highest BCUT2D eigenvalue weighted by Crippen LogP contribution is 2.50. The molecule has 0 aromatic carbocycles. The third-order valence-corrected chi connectivity index (χ3v) is 3.38. The van der Waals surface area contributed by atoms with Crippen molar-refractivity contribution < 1.29 is 13.6 Å². The molecule has 1 rings (SSSR count). The SMILES string of the molecule is CCC.CCCC1OP(C)(=O)OCC1C. The summed E-state index contributed by atoms with van der Waals surface area (Å²) in [4.78, 5) is 0. The van der Waals surface area contributed by atoms with Gasteiger partial charge in [-0.2, -0.15) is 0 Å². The Kier molecular flexibility index (Phi) is 7.50. The Morgan fingerprint density at radius 1 is 1.33 bits per heavy atom. The van der Waals surface area contributed by atoms with E-state index >= 15 is 0 Å². The lowest BCUT2D eigenvalue weighted by molar-refractivity contribution is 0.0319. The molecule has 3 unspecified atom stereocenters. The van der Waals surface area contributed by atoms with Crippen LogP contribution in [-0.4, -0.2) is 19.4 Å². The van der Waals surface area contributed by atoms with Gasteiger partial charge in [-0.05, 0) is 6.42 Å². The van der Waals surface area contributed by atoms with Crippen LogP contribution < -0.4 is 0 Å². The van der Waals surface area contributed by atoms with Crippen molar-refractivity contribution in [3.63, 3.8) is 0 Å². The van der Waals surface area contributed by atoms with Crippen LogP contribution in [-0.2, 0) is 13.6 Å². The van der Waals surface area contributed by atoms with Gasteiger partial charge in [-0.25, -0.2) is 0 Å². The van der Waals surface area contributed by atoms with Gasteiger partial charge >= 0.3 is 7.60 Å². The fraction of sp³-hybridized carbons (Fsp3) is 1.00. The third kappa shape index (κ3) is 6.34. The molecule has 0 aliphatic carbocycles. The Morgan fingerprint density at radius 2 is 1.87 bits per heavy atom. The Balaban J connectivity index is 0.000000583. The molecule has 1 saturated heterocycles. The van der Waals surface area contributed by atoms with Crippen LogP contribution in [0.2, 0.25) is 0 Å². The first-order chi connectivity index (χ1) is 6.96. The maximum atomic E-state index is 11.4. The zero-order valence-electron chi connectivity index (χ0n) is 10.7. The van der Waals surface area contributed by atoms with E-state index in [1.54, 1.807) is 6.66 Å². The van der Waals surface area contributed by atoms with Crippen LogP contribution >= 0.6 is 7.60 Å². The summed E-state index contributed by atoms with van der Waals surface area (Å²) in [5, 5.41) is 0. The van der Waals surface area contributed by atoms with Gasteiger partial charge in [-0.3, -0.25) is 4.57 Å². The molecule has 3 nitrogen and oxygen atoms in total. The van der Waals surface area contributed by atoms with Gasteiger partial charge in [0.2, 0.25) is 0 Å². The molecule has 0 bridgehead atoms. The minimum atomic E-state index is -2.71. The smallest absolute Gasteiger partial charge is 0.308 e. The maximum Gasteiger partial charge on any atom is 0.327 e. The van der Waals surface area contributed by atoms with Crippen LogP contribution in [0.1, 0.15) is 47.0 Å². The van der Waals surface area contributed by atoms with Crippen molar-refractivity contribution in [1.29, 1.82) is 0 Å². The second kappa shape index (κ2) is 7.43. The summed E-state index contributed by atoms with van der Waals surface area (Å²) in [7, 11) is -2.71. The summed E-state index contributed by atoms with van der Waals surface area (Å²) in [6.07, 6.45) is 3.41. The summed E-state index contributed by atoms with van der Waals surface area (Å²) >= 11 is 0. The molecule has 1 aliphatic heterocycles. The highest BCUT2D eigenvalue weighted by atomic mass is 31.2. The van der Waals surface area contributed by atoms with Gasteiger partial charge < -0.3 is 9.05 Å². The molecular formula is C11H25O3P. The van der Waals surface area contributed by atoms with Crippen molar-refractivity contribution in [2.75, 3.05) is 13.3 Å².